The van der Waals surface area contributed by atoms with Gasteiger partial charge in [0.15, 0.2) is 0 Å². The van der Waals surface area contributed by atoms with Crippen molar-refractivity contribution in [3.8, 4) is 0 Å². The van der Waals surface area contributed by atoms with Crippen LogP contribution in [0.25, 0.3) is 0 Å². The highest BCUT2D eigenvalue weighted by Gasteiger charge is 2.11. The second kappa shape index (κ2) is 6.38. The highest BCUT2D eigenvalue weighted by molar-refractivity contribution is 5.10. The first kappa shape index (κ1) is 12.8. The van der Waals surface area contributed by atoms with E-state index >= 15 is 0 Å². The predicted octanol–water partition coefficient (Wildman–Crippen LogP) is 3.23. The van der Waals surface area contributed by atoms with Gasteiger partial charge in [-0.15, -0.1) is 6.58 Å². The van der Waals surface area contributed by atoms with Gasteiger partial charge in [0, 0.05) is 6.04 Å². The minimum Gasteiger partial charge on any atom is -0.309 e. The van der Waals surface area contributed by atoms with E-state index in [1.165, 1.54) is 12.3 Å². The number of halogens is 1. The molecule has 0 saturated carbocycles. The summed E-state index contributed by atoms with van der Waals surface area (Å²) in [6.45, 7) is 8.83. The Kier molecular flexibility index (Phi) is 5.12. The van der Waals surface area contributed by atoms with Crippen molar-refractivity contribution in [1.82, 2.24) is 10.3 Å². The Balaban J connectivity index is 2.68. The average molecular weight is 222 g/mol. The second-order valence-electron chi connectivity index (χ2n) is 4.01. The number of rotatable bonds is 6. The third-order valence-corrected chi connectivity index (χ3v) is 2.42. The molecule has 1 N–H and O–H groups in total. The maximum absolute atomic E-state index is 12.8. The summed E-state index contributed by atoms with van der Waals surface area (Å²) in [6, 6.07) is 3.37. The molecule has 0 aromatic carbocycles. The van der Waals surface area contributed by atoms with Crippen LogP contribution in [0.2, 0.25) is 0 Å². The quantitative estimate of drug-likeness (QED) is 0.747. The van der Waals surface area contributed by atoms with Crippen molar-refractivity contribution in [2.75, 3.05) is 6.54 Å². The van der Waals surface area contributed by atoms with E-state index in [0.29, 0.717) is 0 Å². The SMILES string of the molecule is C=C(C)CCC(NCC)c1ccc(F)cn1. The zero-order chi connectivity index (χ0) is 12.0. The second-order valence-corrected chi connectivity index (χ2v) is 4.01. The van der Waals surface area contributed by atoms with E-state index in [1.54, 1.807) is 6.07 Å². The van der Waals surface area contributed by atoms with Crippen molar-refractivity contribution >= 4 is 0 Å². The molecule has 1 aromatic heterocycles. The molecule has 1 heterocycles. The predicted molar refractivity (Wildman–Crippen MR) is 64.7 cm³/mol. The number of allylic oxidation sites excluding steroid dienone is 1. The summed E-state index contributed by atoms with van der Waals surface area (Å²) in [5.41, 5.74) is 2.05. The van der Waals surface area contributed by atoms with E-state index in [9.17, 15) is 4.39 Å². The van der Waals surface area contributed by atoms with Crippen LogP contribution in [0.4, 0.5) is 4.39 Å². The summed E-state index contributed by atoms with van der Waals surface area (Å²) in [4.78, 5) is 4.11. The van der Waals surface area contributed by atoms with Crippen LogP contribution in [0.5, 0.6) is 0 Å². The zero-order valence-electron chi connectivity index (χ0n) is 9.96. The van der Waals surface area contributed by atoms with Crippen LogP contribution in [0.1, 0.15) is 38.4 Å². The first-order valence-electron chi connectivity index (χ1n) is 5.62. The monoisotopic (exact) mass is 222 g/mol. The van der Waals surface area contributed by atoms with Crippen molar-refractivity contribution < 1.29 is 4.39 Å². The van der Waals surface area contributed by atoms with Crippen LogP contribution in [0.3, 0.4) is 0 Å². The lowest BCUT2D eigenvalue weighted by Gasteiger charge is -2.17. The van der Waals surface area contributed by atoms with Crippen LogP contribution in [0.15, 0.2) is 30.5 Å². The van der Waals surface area contributed by atoms with Crippen molar-refractivity contribution in [3.05, 3.63) is 42.0 Å². The Morgan fingerprint density at radius 3 is 2.81 bits per heavy atom. The Bertz CT molecular complexity index is 332. The molecule has 0 radical (unpaired) electrons. The lowest BCUT2D eigenvalue weighted by atomic mass is 10.0. The molecule has 1 atom stereocenters. The van der Waals surface area contributed by atoms with Crippen LogP contribution in [-0.2, 0) is 0 Å². The molecule has 88 valence electrons. The molecule has 0 aliphatic carbocycles. The van der Waals surface area contributed by atoms with E-state index in [0.717, 1.165) is 30.7 Å². The van der Waals surface area contributed by atoms with Gasteiger partial charge in [0.25, 0.3) is 0 Å². The number of nitrogens with one attached hydrogen (secondary N) is 1. The lowest BCUT2D eigenvalue weighted by molar-refractivity contribution is 0.500. The fourth-order valence-corrected chi connectivity index (χ4v) is 1.59. The molecule has 0 fully saturated rings. The molecule has 1 unspecified atom stereocenters. The van der Waals surface area contributed by atoms with E-state index in [2.05, 4.69) is 23.8 Å². The molecule has 16 heavy (non-hydrogen) atoms. The van der Waals surface area contributed by atoms with E-state index in [1.807, 2.05) is 6.92 Å². The van der Waals surface area contributed by atoms with Crippen LogP contribution in [-0.4, -0.2) is 11.5 Å². The Morgan fingerprint density at radius 2 is 2.31 bits per heavy atom. The van der Waals surface area contributed by atoms with Crippen LogP contribution < -0.4 is 5.32 Å². The summed E-state index contributed by atoms with van der Waals surface area (Å²) < 4.78 is 12.8. The van der Waals surface area contributed by atoms with Gasteiger partial charge in [-0.05, 0) is 38.4 Å². The molecule has 0 aliphatic rings. The smallest absolute Gasteiger partial charge is 0.141 e. The molecular formula is C13H19FN2. The zero-order valence-corrected chi connectivity index (χ0v) is 9.96. The minimum absolute atomic E-state index is 0.183. The first-order chi connectivity index (χ1) is 7.63. The van der Waals surface area contributed by atoms with Gasteiger partial charge < -0.3 is 5.32 Å². The summed E-state index contributed by atoms with van der Waals surface area (Å²) >= 11 is 0. The molecular weight excluding hydrogens is 203 g/mol. The van der Waals surface area contributed by atoms with Gasteiger partial charge >= 0.3 is 0 Å². The highest BCUT2D eigenvalue weighted by Crippen LogP contribution is 2.18. The average Bonchev–Trinajstić information content (AvgIpc) is 2.25. The van der Waals surface area contributed by atoms with Gasteiger partial charge in [0.2, 0.25) is 0 Å². The fourth-order valence-electron chi connectivity index (χ4n) is 1.59. The number of hydrogen-bond acceptors (Lipinski definition) is 2. The van der Waals surface area contributed by atoms with Crippen molar-refractivity contribution in [1.29, 1.82) is 0 Å². The van der Waals surface area contributed by atoms with Crippen molar-refractivity contribution in [3.63, 3.8) is 0 Å². The summed E-state index contributed by atoms with van der Waals surface area (Å²) in [7, 11) is 0. The summed E-state index contributed by atoms with van der Waals surface area (Å²) in [5, 5.41) is 3.35. The number of hydrogen-bond donors (Lipinski definition) is 1. The minimum atomic E-state index is -0.293. The van der Waals surface area contributed by atoms with E-state index < -0.39 is 0 Å². The van der Waals surface area contributed by atoms with Crippen LogP contribution in [0, 0.1) is 5.82 Å². The lowest BCUT2D eigenvalue weighted by Crippen LogP contribution is -2.21. The number of pyridine rings is 1. The maximum Gasteiger partial charge on any atom is 0.141 e. The third kappa shape index (κ3) is 4.11. The normalized spacial score (nSPS) is 12.4. The van der Waals surface area contributed by atoms with Gasteiger partial charge in [-0.2, -0.15) is 0 Å². The number of nitrogens with zero attached hydrogens (tertiary/aromatic N) is 1. The molecule has 0 bridgehead atoms. The Labute approximate surface area is 96.6 Å². The molecule has 0 amide bonds. The van der Waals surface area contributed by atoms with Crippen LogP contribution >= 0.6 is 0 Å². The maximum atomic E-state index is 12.8. The third-order valence-electron chi connectivity index (χ3n) is 2.42. The first-order valence-corrected chi connectivity index (χ1v) is 5.62. The van der Waals surface area contributed by atoms with Gasteiger partial charge in [0.05, 0.1) is 11.9 Å². The van der Waals surface area contributed by atoms with Crippen molar-refractivity contribution in [2.45, 2.75) is 32.7 Å². The molecule has 2 nitrogen and oxygen atoms in total. The molecule has 0 aliphatic heterocycles. The Morgan fingerprint density at radius 1 is 1.56 bits per heavy atom. The van der Waals surface area contributed by atoms with Gasteiger partial charge in [0.1, 0.15) is 5.82 Å². The summed E-state index contributed by atoms with van der Waals surface area (Å²) in [6.07, 6.45) is 3.17. The van der Waals surface area contributed by atoms with E-state index in [-0.39, 0.29) is 11.9 Å². The largest absolute Gasteiger partial charge is 0.309 e. The molecule has 3 heteroatoms. The van der Waals surface area contributed by atoms with Gasteiger partial charge in [-0.1, -0.05) is 12.5 Å². The molecule has 1 rings (SSSR count). The molecule has 1 aromatic rings. The Hall–Kier alpha value is -1.22. The summed E-state index contributed by atoms with van der Waals surface area (Å²) in [5.74, 6) is -0.293. The van der Waals surface area contributed by atoms with Gasteiger partial charge in [-0.25, -0.2) is 4.39 Å². The fraction of sp³-hybridized carbons (Fsp3) is 0.462. The number of aromatic nitrogens is 1. The topological polar surface area (TPSA) is 24.9 Å². The molecule has 0 saturated heterocycles. The van der Waals surface area contributed by atoms with Gasteiger partial charge in [-0.3, -0.25) is 4.98 Å². The van der Waals surface area contributed by atoms with E-state index in [4.69, 9.17) is 0 Å². The standard InChI is InChI=1S/C13H19FN2/c1-4-15-12(7-5-10(2)3)13-8-6-11(14)9-16-13/h6,8-9,12,15H,2,4-5,7H2,1,3H3. The molecule has 0 spiro atoms. The van der Waals surface area contributed by atoms with Crippen molar-refractivity contribution in [2.24, 2.45) is 0 Å². The highest BCUT2D eigenvalue weighted by atomic mass is 19.1.